The van der Waals surface area contributed by atoms with Gasteiger partial charge in [-0.2, -0.15) is 0 Å². The predicted molar refractivity (Wildman–Crippen MR) is 83.8 cm³/mol. The van der Waals surface area contributed by atoms with Gasteiger partial charge in [-0.15, -0.1) is 0 Å². The van der Waals surface area contributed by atoms with Gasteiger partial charge in [0, 0.05) is 24.3 Å². The number of fused-ring (bicyclic) bond motifs is 1. The van der Waals surface area contributed by atoms with Gasteiger partial charge in [-0.05, 0) is 44.9 Å². The zero-order valence-electron chi connectivity index (χ0n) is 12.7. The van der Waals surface area contributed by atoms with E-state index in [-0.39, 0.29) is 0 Å². The molecule has 2 nitrogen and oxygen atoms in total. The molecule has 0 spiro atoms. The number of benzene rings is 1. The lowest BCUT2D eigenvalue weighted by atomic mass is 9.97. The van der Waals surface area contributed by atoms with Crippen LogP contribution in [0.4, 0.5) is 5.69 Å². The van der Waals surface area contributed by atoms with Crippen LogP contribution in [-0.2, 0) is 6.42 Å². The molecular formula is C17H28N2. The number of rotatable bonds is 6. The lowest BCUT2D eigenvalue weighted by Gasteiger charge is -2.38. The summed E-state index contributed by atoms with van der Waals surface area (Å²) in [7, 11) is 0. The molecule has 0 radical (unpaired) electrons. The van der Waals surface area contributed by atoms with Crippen molar-refractivity contribution in [3.05, 3.63) is 29.8 Å². The summed E-state index contributed by atoms with van der Waals surface area (Å²) in [4.78, 5) is 2.68. The maximum Gasteiger partial charge on any atom is 0.0373 e. The number of nitrogens with zero attached hydrogens (tertiary/aromatic N) is 1. The number of unbranched alkanes of at least 4 members (excludes halogenated alkanes) is 2. The Balaban J connectivity index is 2.00. The molecule has 19 heavy (non-hydrogen) atoms. The molecule has 1 aliphatic rings. The molecule has 0 amide bonds. The van der Waals surface area contributed by atoms with Crippen molar-refractivity contribution in [1.29, 1.82) is 0 Å². The van der Waals surface area contributed by atoms with Crippen LogP contribution in [0.1, 0.15) is 45.6 Å². The molecule has 106 valence electrons. The third-order valence-corrected chi connectivity index (χ3v) is 4.15. The van der Waals surface area contributed by atoms with Gasteiger partial charge in [0.2, 0.25) is 0 Å². The zero-order chi connectivity index (χ0) is 13.7. The Morgan fingerprint density at radius 1 is 1.26 bits per heavy atom. The van der Waals surface area contributed by atoms with E-state index in [1.807, 2.05) is 0 Å². The van der Waals surface area contributed by atoms with E-state index < -0.39 is 0 Å². The van der Waals surface area contributed by atoms with E-state index in [0.29, 0.717) is 12.1 Å². The van der Waals surface area contributed by atoms with Gasteiger partial charge in [0.1, 0.15) is 0 Å². The van der Waals surface area contributed by atoms with Crippen molar-refractivity contribution in [1.82, 2.24) is 4.90 Å². The average molecular weight is 260 g/mol. The van der Waals surface area contributed by atoms with Crippen LogP contribution in [-0.4, -0.2) is 30.1 Å². The first-order chi connectivity index (χ1) is 9.22. The second-order valence-corrected chi connectivity index (χ2v) is 5.93. The standard InChI is InChI=1S/C17H28N2/c1-4-5-8-11-19(14(2)3)16-12-15-9-6-7-10-17(15)18-13-16/h6-7,9-10,14,16,18H,4-5,8,11-13H2,1-3H3. The molecular weight excluding hydrogens is 232 g/mol. The lowest BCUT2D eigenvalue weighted by molar-refractivity contribution is 0.153. The Hall–Kier alpha value is -1.02. The van der Waals surface area contributed by atoms with Crippen LogP contribution < -0.4 is 5.32 Å². The third-order valence-electron chi connectivity index (χ3n) is 4.15. The van der Waals surface area contributed by atoms with Crippen LogP contribution in [0.3, 0.4) is 0 Å². The second-order valence-electron chi connectivity index (χ2n) is 5.93. The molecule has 0 saturated heterocycles. The molecule has 1 aromatic carbocycles. The highest BCUT2D eigenvalue weighted by Gasteiger charge is 2.25. The van der Waals surface area contributed by atoms with E-state index in [0.717, 1.165) is 6.54 Å². The maximum atomic E-state index is 3.60. The topological polar surface area (TPSA) is 15.3 Å². The molecule has 1 aliphatic heterocycles. The van der Waals surface area contributed by atoms with E-state index in [4.69, 9.17) is 0 Å². The summed E-state index contributed by atoms with van der Waals surface area (Å²) in [5, 5.41) is 3.60. The highest BCUT2D eigenvalue weighted by molar-refractivity contribution is 5.53. The molecule has 1 heterocycles. The minimum absolute atomic E-state index is 0.633. The summed E-state index contributed by atoms with van der Waals surface area (Å²) in [5.41, 5.74) is 2.80. The van der Waals surface area contributed by atoms with Crippen molar-refractivity contribution in [2.75, 3.05) is 18.4 Å². The number of nitrogens with one attached hydrogen (secondary N) is 1. The number of para-hydroxylation sites is 1. The highest BCUT2D eigenvalue weighted by atomic mass is 15.2. The monoisotopic (exact) mass is 260 g/mol. The van der Waals surface area contributed by atoms with E-state index >= 15 is 0 Å². The summed E-state index contributed by atoms with van der Waals surface area (Å²) >= 11 is 0. The van der Waals surface area contributed by atoms with Gasteiger partial charge < -0.3 is 5.32 Å². The largest absolute Gasteiger partial charge is 0.383 e. The Bertz CT molecular complexity index is 387. The highest BCUT2D eigenvalue weighted by Crippen LogP contribution is 2.24. The van der Waals surface area contributed by atoms with Crippen molar-refractivity contribution < 1.29 is 0 Å². The van der Waals surface area contributed by atoms with Crippen LogP contribution in [0.15, 0.2) is 24.3 Å². The fraction of sp³-hybridized carbons (Fsp3) is 0.647. The SMILES string of the molecule is CCCCCN(C(C)C)C1CNc2ccccc2C1. The summed E-state index contributed by atoms with van der Waals surface area (Å²) in [5.74, 6) is 0. The van der Waals surface area contributed by atoms with Gasteiger partial charge in [0.25, 0.3) is 0 Å². The smallest absolute Gasteiger partial charge is 0.0373 e. The molecule has 0 aliphatic carbocycles. The minimum Gasteiger partial charge on any atom is -0.383 e. The van der Waals surface area contributed by atoms with Crippen LogP contribution >= 0.6 is 0 Å². The predicted octanol–water partition coefficient (Wildman–Crippen LogP) is 3.92. The summed E-state index contributed by atoms with van der Waals surface area (Å²) in [6.45, 7) is 9.25. The van der Waals surface area contributed by atoms with Crippen LogP contribution in [0.2, 0.25) is 0 Å². The van der Waals surface area contributed by atoms with Crippen LogP contribution in [0.25, 0.3) is 0 Å². The van der Waals surface area contributed by atoms with Gasteiger partial charge in [-0.25, -0.2) is 0 Å². The van der Waals surface area contributed by atoms with Gasteiger partial charge >= 0.3 is 0 Å². The number of anilines is 1. The Morgan fingerprint density at radius 3 is 2.79 bits per heavy atom. The molecule has 0 saturated carbocycles. The van der Waals surface area contributed by atoms with E-state index in [2.05, 4.69) is 55.3 Å². The fourth-order valence-corrected chi connectivity index (χ4v) is 3.07. The van der Waals surface area contributed by atoms with Crippen molar-refractivity contribution in [3.8, 4) is 0 Å². The first-order valence-corrected chi connectivity index (χ1v) is 7.80. The minimum atomic E-state index is 0.633. The normalized spacial score (nSPS) is 18.5. The Kier molecular flexibility index (Phi) is 5.26. The summed E-state index contributed by atoms with van der Waals surface area (Å²) in [6.07, 6.45) is 5.16. The molecule has 1 N–H and O–H groups in total. The fourth-order valence-electron chi connectivity index (χ4n) is 3.07. The number of hydrogen-bond donors (Lipinski definition) is 1. The molecule has 0 fully saturated rings. The van der Waals surface area contributed by atoms with Gasteiger partial charge in [0.15, 0.2) is 0 Å². The second kappa shape index (κ2) is 6.95. The van der Waals surface area contributed by atoms with E-state index in [9.17, 15) is 0 Å². The first-order valence-electron chi connectivity index (χ1n) is 7.80. The lowest BCUT2D eigenvalue weighted by Crippen LogP contribution is -2.47. The Labute approximate surface area is 118 Å². The molecule has 0 aromatic heterocycles. The van der Waals surface area contributed by atoms with E-state index in [1.165, 1.54) is 43.5 Å². The molecule has 2 heteroatoms. The van der Waals surface area contributed by atoms with Gasteiger partial charge in [-0.3, -0.25) is 4.90 Å². The van der Waals surface area contributed by atoms with Gasteiger partial charge in [-0.1, -0.05) is 38.0 Å². The van der Waals surface area contributed by atoms with Gasteiger partial charge in [0.05, 0.1) is 0 Å². The van der Waals surface area contributed by atoms with Crippen molar-refractivity contribution in [2.24, 2.45) is 0 Å². The van der Waals surface area contributed by atoms with Crippen LogP contribution in [0.5, 0.6) is 0 Å². The molecule has 1 atom stereocenters. The summed E-state index contributed by atoms with van der Waals surface area (Å²) in [6, 6.07) is 10.0. The quantitative estimate of drug-likeness (QED) is 0.780. The molecule has 1 unspecified atom stereocenters. The van der Waals surface area contributed by atoms with Crippen molar-refractivity contribution in [3.63, 3.8) is 0 Å². The van der Waals surface area contributed by atoms with Crippen LogP contribution in [0, 0.1) is 0 Å². The van der Waals surface area contributed by atoms with Crippen molar-refractivity contribution >= 4 is 5.69 Å². The first kappa shape index (κ1) is 14.4. The molecule has 2 rings (SSSR count). The number of hydrogen-bond acceptors (Lipinski definition) is 2. The molecule has 1 aromatic rings. The van der Waals surface area contributed by atoms with Crippen molar-refractivity contribution in [2.45, 2.75) is 58.5 Å². The maximum absolute atomic E-state index is 3.60. The molecule has 0 bridgehead atoms. The third kappa shape index (κ3) is 3.73. The average Bonchev–Trinajstić information content (AvgIpc) is 2.43. The Morgan fingerprint density at radius 2 is 2.05 bits per heavy atom. The zero-order valence-corrected chi connectivity index (χ0v) is 12.7. The summed E-state index contributed by atoms with van der Waals surface area (Å²) < 4.78 is 0. The van der Waals surface area contributed by atoms with E-state index in [1.54, 1.807) is 0 Å².